The maximum absolute atomic E-state index is 11.9. The Labute approximate surface area is 96.7 Å². The molecule has 0 spiro atoms. The average molecular weight is 240 g/mol. The van der Waals surface area contributed by atoms with Gasteiger partial charge in [0, 0.05) is 6.54 Å². The highest BCUT2D eigenvalue weighted by Crippen LogP contribution is 2.01. The molecule has 92 valence electrons. The summed E-state index contributed by atoms with van der Waals surface area (Å²) in [5, 5.41) is 7.40. The highest BCUT2D eigenvalue weighted by Gasteiger charge is 2.32. The monoisotopic (exact) mass is 240 g/mol. The van der Waals surface area contributed by atoms with Crippen molar-refractivity contribution in [2.24, 2.45) is 0 Å². The summed E-state index contributed by atoms with van der Waals surface area (Å²) in [5.41, 5.74) is 0. The second-order valence-electron chi connectivity index (χ2n) is 3.90. The number of imide groups is 1. The molecule has 4 amide bonds. The zero-order chi connectivity index (χ0) is 12.4. The first-order valence-corrected chi connectivity index (χ1v) is 5.18. The molecule has 3 N–H and O–H groups in total. The predicted octanol–water partition coefficient (Wildman–Crippen LogP) is -3.44. The molecule has 17 heavy (non-hydrogen) atoms. The third-order valence-electron chi connectivity index (χ3n) is 2.57. The second-order valence-corrected chi connectivity index (χ2v) is 3.90. The summed E-state index contributed by atoms with van der Waals surface area (Å²) in [7, 11) is 0. The molecule has 0 bridgehead atoms. The van der Waals surface area contributed by atoms with E-state index in [1.54, 1.807) is 0 Å². The largest absolute Gasteiger partial charge is 0.353 e. The molecule has 8 heteroatoms. The first kappa shape index (κ1) is 11.5. The summed E-state index contributed by atoms with van der Waals surface area (Å²) in [6.07, 6.45) is 0. The van der Waals surface area contributed by atoms with Crippen LogP contribution in [-0.4, -0.2) is 60.7 Å². The number of carbonyl (C=O) groups excluding carboxylic acids is 4. The molecule has 2 aliphatic rings. The Morgan fingerprint density at radius 1 is 1.12 bits per heavy atom. The normalized spacial score (nSPS) is 25.3. The first-order chi connectivity index (χ1) is 8.06. The lowest BCUT2D eigenvalue weighted by Gasteiger charge is -2.31. The van der Waals surface area contributed by atoms with E-state index in [-0.39, 0.29) is 38.0 Å². The van der Waals surface area contributed by atoms with Crippen LogP contribution >= 0.6 is 0 Å². The quantitative estimate of drug-likeness (QED) is 0.413. The van der Waals surface area contributed by atoms with Gasteiger partial charge >= 0.3 is 0 Å². The number of carbonyl (C=O) groups is 4. The minimum atomic E-state index is -0.577. The average Bonchev–Trinajstić information content (AvgIpc) is 2.28. The van der Waals surface area contributed by atoms with E-state index in [0.29, 0.717) is 0 Å². The number of nitrogens with one attached hydrogen (secondary N) is 3. The SMILES string of the molecule is O=C1CNC(C(=O)N2CC(=O)NC(=O)C2)CN1. The summed E-state index contributed by atoms with van der Waals surface area (Å²) < 4.78 is 0. The molecule has 2 heterocycles. The van der Waals surface area contributed by atoms with Gasteiger partial charge in [0.2, 0.25) is 23.6 Å². The Morgan fingerprint density at radius 2 is 1.76 bits per heavy atom. The van der Waals surface area contributed by atoms with Gasteiger partial charge in [-0.15, -0.1) is 0 Å². The van der Waals surface area contributed by atoms with Gasteiger partial charge in [0.25, 0.3) is 0 Å². The van der Waals surface area contributed by atoms with Gasteiger partial charge < -0.3 is 10.2 Å². The van der Waals surface area contributed by atoms with Crippen molar-refractivity contribution in [1.82, 2.24) is 20.9 Å². The number of nitrogens with zero attached hydrogens (tertiary/aromatic N) is 1. The van der Waals surface area contributed by atoms with E-state index in [9.17, 15) is 19.2 Å². The molecule has 0 aromatic carbocycles. The first-order valence-electron chi connectivity index (χ1n) is 5.18. The van der Waals surface area contributed by atoms with Crippen molar-refractivity contribution in [3.8, 4) is 0 Å². The van der Waals surface area contributed by atoms with Gasteiger partial charge in [-0.2, -0.15) is 0 Å². The van der Waals surface area contributed by atoms with Crippen LogP contribution in [0, 0.1) is 0 Å². The Bertz CT molecular complexity index is 368. The Hall–Kier alpha value is -1.96. The van der Waals surface area contributed by atoms with E-state index in [1.165, 1.54) is 4.90 Å². The molecule has 2 rings (SSSR count). The van der Waals surface area contributed by atoms with Crippen LogP contribution < -0.4 is 16.0 Å². The van der Waals surface area contributed by atoms with E-state index in [1.807, 2.05) is 0 Å². The molecule has 0 aromatic rings. The fraction of sp³-hybridized carbons (Fsp3) is 0.556. The maximum atomic E-state index is 11.9. The maximum Gasteiger partial charge on any atom is 0.246 e. The minimum absolute atomic E-state index is 0.0599. The lowest BCUT2D eigenvalue weighted by molar-refractivity contribution is -0.147. The molecule has 8 nitrogen and oxygen atoms in total. The molecule has 0 aliphatic carbocycles. The summed E-state index contributed by atoms with van der Waals surface area (Å²) in [4.78, 5) is 46.2. The highest BCUT2D eigenvalue weighted by molar-refractivity contribution is 6.03. The van der Waals surface area contributed by atoms with Crippen molar-refractivity contribution >= 4 is 23.6 Å². The van der Waals surface area contributed by atoms with Crippen LogP contribution in [0.2, 0.25) is 0 Å². The number of piperazine rings is 2. The fourth-order valence-corrected chi connectivity index (χ4v) is 1.75. The van der Waals surface area contributed by atoms with Crippen molar-refractivity contribution in [3.63, 3.8) is 0 Å². The van der Waals surface area contributed by atoms with Gasteiger partial charge in [-0.05, 0) is 0 Å². The Kier molecular flexibility index (Phi) is 3.05. The molecular weight excluding hydrogens is 228 g/mol. The van der Waals surface area contributed by atoms with Gasteiger partial charge in [-0.25, -0.2) is 0 Å². The molecular formula is C9H12N4O4. The van der Waals surface area contributed by atoms with Crippen LogP contribution in [0.4, 0.5) is 0 Å². The standard InChI is InChI=1S/C9H12N4O4/c14-6-2-10-5(1-11-6)9(17)13-3-7(15)12-8(16)4-13/h5,10H,1-4H2,(H,11,14)(H,12,15,16). The van der Waals surface area contributed by atoms with E-state index >= 15 is 0 Å². The predicted molar refractivity (Wildman–Crippen MR) is 54.5 cm³/mol. The second kappa shape index (κ2) is 4.50. The van der Waals surface area contributed by atoms with Crippen molar-refractivity contribution in [1.29, 1.82) is 0 Å². The van der Waals surface area contributed by atoms with Gasteiger partial charge in [0.05, 0.1) is 6.54 Å². The molecule has 0 saturated carbocycles. The van der Waals surface area contributed by atoms with Crippen LogP contribution in [-0.2, 0) is 19.2 Å². The zero-order valence-corrected chi connectivity index (χ0v) is 8.99. The van der Waals surface area contributed by atoms with Gasteiger partial charge in [-0.1, -0.05) is 0 Å². The Morgan fingerprint density at radius 3 is 2.29 bits per heavy atom. The van der Waals surface area contributed by atoms with Crippen molar-refractivity contribution in [2.45, 2.75) is 6.04 Å². The third kappa shape index (κ3) is 2.59. The van der Waals surface area contributed by atoms with Gasteiger partial charge in [0.15, 0.2) is 0 Å². The van der Waals surface area contributed by atoms with Crippen LogP contribution in [0.15, 0.2) is 0 Å². The van der Waals surface area contributed by atoms with E-state index in [2.05, 4.69) is 16.0 Å². The van der Waals surface area contributed by atoms with Gasteiger partial charge in [0.1, 0.15) is 19.1 Å². The molecule has 2 fully saturated rings. The Balaban J connectivity index is 1.97. The summed E-state index contributed by atoms with van der Waals surface area (Å²) in [5.74, 6) is -1.52. The molecule has 1 unspecified atom stereocenters. The number of amides is 4. The van der Waals surface area contributed by atoms with Gasteiger partial charge in [-0.3, -0.25) is 29.8 Å². The van der Waals surface area contributed by atoms with E-state index in [4.69, 9.17) is 0 Å². The van der Waals surface area contributed by atoms with Crippen LogP contribution in [0.25, 0.3) is 0 Å². The van der Waals surface area contributed by atoms with E-state index in [0.717, 1.165) is 0 Å². The minimum Gasteiger partial charge on any atom is -0.353 e. The number of hydrogen-bond acceptors (Lipinski definition) is 5. The topological polar surface area (TPSA) is 108 Å². The lowest BCUT2D eigenvalue weighted by atomic mass is 10.2. The molecule has 2 aliphatic heterocycles. The third-order valence-corrected chi connectivity index (χ3v) is 2.57. The smallest absolute Gasteiger partial charge is 0.246 e. The summed E-state index contributed by atoms with van der Waals surface area (Å²) >= 11 is 0. The molecule has 0 radical (unpaired) electrons. The van der Waals surface area contributed by atoms with Crippen LogP contribution in [0.3, 0.4) is 0 Å². The summed E-state index contributed by atoms with van der Waals surface area (Å²) in [6.45, 7) is -0.0260. The number of hydrogen-bond donors (Lipinski definition) is 3. The van der Waals surface area contributed by atoms with Crippen molar-refractivity contribution in [2.75, 3.05) is 26.2 Å². The van der Waals surface area contributed by atoms with Crippen LogP contribution in [0.1, 0.15) is 0 Å². The molecule has 2 saturated heterocycles. The lowest BCUT2D eigenvalue weighted by Crippen LogP contribution is -2.62. The fourth-order valence-electron chi connectivity index (χ4n) is 1.75. The highest BCUT2D eigenvalue weighted by atomic mass is 16.2. The number of rotatable bonds is 1. The molecule has 0 aromatic heterocycles. The van der Waals surface area contributed by atoms with E-state index < -0.39 is 17.9 Å². The summed E-state index contributed by atoms with van der Waals surface area (Å²) in [6, 6.07) is -0.577. The van der Waals surface area contributed by atoms with Crippen molar-refractivity contribution < 1.29 is 19.2 Å². The zero-order valence-electron chi connectivity index (χ0n) is 8.99. The molecule has 1 atom stereocenters. The van der Waals surface area contributed by atoms with Crippen LogP contribution in [0.5, 0.6) is 0 Å². The van der Waals surface area contributed by atoms with Crippen molar-refractivity contribution in [3.05, 3.63) is 0 Å².